The lowest BCUT2D eigenvalue weighted by Crippen LogP contribution is -2.38. The van der Waals surface area contributed by atoms with E-state index in [0.717, 1.165) is 0 Å². The summed E-state index contributed by atoms with van der Waals surface area (Å²) in [6.45, 7) is 5.50. The minimum absolute atomic E-state index is 0.000349. The molecule has 3 aromatic rings. The number of nitrogens with one attached hydrogen (secondary N) is 1. The zero-order valence-corrected chi connectivity index (χ0v) is 19.3. The third-order valence-electron chi connectivity index (χ3n) is 6.18. The molecule has 1 amide bonds. The number of Topliss-reactive ketones (excluding diaryl/α,β-unsaturated/α-hetero) is 1. The molecule has 1 aromatic heterocycles. The Balaban J connectivity index is 1.68. The van der Waals surface area contributed by atoms with Gasteiger partial charge in [0.05, 0.1) is 5.69 Å². The smallest absolute Gasteiger partial charge is 0.290 e. The van der Waals surface area contributed by atoms with Crippen LogP contribution >= 0.6 is 0 Å². The van der Waals surface area contributed by atoms with Gasteiger partial charge in [0.25, 0.3) is 5.95 Å². The molecule has 174 valence electrons. The second-order valence-electron chi connectivity index (χ2n) is 9.49. The van der Waals surface area contributed by atoms with Crippen LogP contribution in [-0.2, 0) is 9.59 Å². The number of anilines is 2. The third kappa shape index (κ3) is 3.83. The first kappa shape index (κ1) is 21.8. The molecule has 1 aliphatic carbocycles. The zero-order valence-electron chi connectivity index (χ0n) is 19.3. The number of benzene rings is 2. The number of phenolic OH excluding ortho intramolecular Hbond substituents is 1. The number of allylic oxidation sites excluding steroid dienone is 1. The van der Waals surface area contributed by atoms with Crippen LogP contribution in [0.3, 0.4) is 0 Å². The Kier molecular flexibility index (Phi) is 5.20. The van der Waals surface area contributed by atoms with Crippen molar-refractivity contribution in [2.75, 3.05) is 10.2 Å². The molecule has 2 N–H and O–H groups in total. The molecule has 2 aliphatic rings. The van der Waals surface area contributed by atoms with Crippen molar-refractivity contribution in [3.63, 3.8) is 0 Å². The fraction of sp³-hybridized carbons (Fsp3) is 0.259. The van der Waals surface area contributed by atoms with E-state index in [2.05, 4.69) is 5.32 Å². The lowest BCUT2D eigenvalue weighted by molar-refractivity contribution is -0.118. The number of ketones is 1. The van der Waals surface area contributed by atoms with Crippen LogP contribution in [0.4, 0.5) is 11.4 Å². The summed E-state index contributed by atoms with van der Waals surface area (Å²) in [5, 5.41) is 13.9. The van der Waals surface area contributed by atoms with Gasteiger partial charge in [0, 0.05) is 30.7 Å². The molecule has 1 unspecified atom stereocenters. The van der Waals surface area contributed by atoms with Crippen molar-refractivity contribution in [2.45, 2.75) is 39.7 Å². The molecule has 2 heterocycles. The van der Waals surface area contributed by atoms with Crippen LogP contribution in [0.1, 0.15) is 45.4 Å². The predicted octanol–water partition coefficient (Wildman–Crippen LogP) is 5.94. The van der Waals surface area contributed by atoms with Crippen LogP contribution in [0, 0.1) is 5.41 Å². The van der Waals surface area contributed by atoms with Gasteiger partial charge in [-0.3, -0.25) is 14.5 Å². The fourth-order valence-corrected chi connectivity index (χ4v) is 4.80. The van der Waals surface area contributed by atoms with E-state index in [1.165, 1.54) is 11.8 Å². The summed E-state index contributed by atoms with van der Waals surface area (Å²) in [6.07, 6.45) is 0.921. The quantitative estimate of drug-likeness (QED) is 0.472. The van der Waals surface area contributed by atoms with Gasteiger partial charge in [-0.05, 0) is 42.2 Å². The Labute approximate surface area is 197 Å². The average molecular weight is 459 g/mol. The van der Waals surface area contributed by atoms with Gasteiger partial charge < -0.3 is 19.6 Å². The van der Waals surface area contributed by atoms with Crippen molar-refractivity contribution < 1.29 is 23.8 Å². The summed E-state index contributed by atoms with van der Waals surface area (Å²) >= 11 is 0. The zero-order chi connectivity index (χ0) is 24.0. The molecule has 7 nitrogen and oxygen atoms in total. The summed E-state index contributed by atoms with van der Waals surface area (Å²) in [5.74, 6) is 0.916. The first-order valence-electron chi connectivity index (χ1n) is 11.2. The highest BCUT2D eigenvalue weighted by Gasteiger charge is 2.44. The van der Waals surface area contributed by atoms with Crippen LogP contribution < -0.4 is 15.0 Å². The molecule has 2 aromatic carbocycles. The molecule has 1 aliphatic heterocycles. The number of nitrogens with zero attached hydrogens (tertiary/aromatic N) is 1. The number of aromatic hydroxyl groups is 1. The number of hydrogen-bond acceptors (Lipinski definition) is 6. The number of phenols is 1. The highest BCUT2D eigenvalue weighted by molar-refractivity contribution is 6.06. The number of rotatable bonds is 3. The Morgan fingerprint density at radius 3 is 2.59 bits per heavy atom. The Morgan fingerprint density at radius 1 is 1.09 bits per heavy atom. The van der Waals surface area contributed by atoms with Gasteiger partial charge in [-0.1, -0.05) is 38.1 Å². The molecule has 0 radical (unpaired) electrons. The standard InChI is InChI=1S/C27H26N2O5/c1-16(30)29-19-10-7-11-20(31)25(19)28-18-14-27(2,3)15-21(32)24(18)26(29)22-12-13-23(34-22)33-17-8-5-4-6-9-17/h4-13,26,28,31H,14-15H2,1-3H3. The Hall–Kier alpha value is -4.00. The fourth-order valence-electron chi connectivity index (χ4n) is 4.80. The van der Waals surface area contributed by atoms with Gasteiger partial charge in [0.2, 0.25) is 5.91 Å². The number of carbonyl (C=O) groups excluding carboxylic acids is 2. The van der Waals surface area contributed by atoms with Crippen molar-refractivity contribution >= 4 is 23.1 Å². The summed E-state index contributed by atoms with van der Waals surface area (Å²) in [5.41, 5.74) is 1.74. The number of hydrogen-bond donors (Lipinski definition) is 2. The van der Waals surface area contributed by atoms with Crippen LogP contribution in [0.5, 0.6) is 17.4 Å². The monoisotopic (exact) mass is 458 g/mol. The second kappa shape index (κ2) is 8.09. The van der Waals surface area contributed by atoms with E-state index >= 15 is 0 Å². The number of para-hydroxylation sites is 2. The van der Waals surface area contributed by atoms with E-state index in [0.29, 0.717) is 47.0 Å². The van der Waals surface area contributed by atoms with Crippen molar-refractivity contribution in [3.8, 4) is 17.4 Å². The topological polar surface area (TPSA) is 92.0 Å². The van der Waals surface area contributed by atoms with Crippen molar-refractivity contribution in [1.82, 2.24) is 0 Å². The van der Waals surface area contributed by atoms with Crippen molar-refractivity contribution in [2.24, 2.45) is 5.41 Å². The maximum atomic E-state index is 13.5. The van der Waals surface area contributed by atoms with Gasteiger partial charge in [0.15, 0.2) is 5.78 Å². The highest BCUT2D eigenvalue weighted by atomic mass is 16.6. The Morgan fingerprint density at radius 2 is 1.85 bits per heavy atom. The van der Waals surface area contributed by atoms with Gasteiger partial charge in [0.1, 0.15) is 29.0 Å². The normalized spacial score (nSPS) is 19.1. The lowest BCUT2D eigenvalue weighted by atomic mass is 9.74. The van der Waals surface area contributed by atoms with E-state index in [1.807, 2.05) is 44.2 Å². The minimum atomic E-state index is -0.806. The maximum absolute atomic E-state index is 13.5. The predicted molar refractivity (Wildman–Crippen MR) is 128 cm³/mol. The summed E-state index contributed by atoms with van der Waals surface area (Å²) in [7, 11) is 0. The van der Waals surface area contributed by atoms with Gasteiger partial charge in [-0.15, -0.1) is 0 Å². The van der Waals surface area contributed by atoms with Crippen LogP contribution in [0.15, 0.2) is 76.4 Å². The summed E-state index contributed by atoms with van der Waals surface area (Å²) < 4.78 is 11.9. The Bertz CT molecular complexity index is 1310. The SMILES string of the molecule is CC(=O)N1c2cccc(O)c2NC2=C(C(=O)CC(C)(C)C2)C1c1ccc(Oc2ccccc2)o1. The van der Waals surface area contributed by atoms with E-state index in [-0.39, 0.29) is 28.8 Å². The largest absolute Gasteiger partial charge is 0.506 e. The molecule has 5 rings (SSSR count). The average Bonchev–Trinajstić information content (AvgIpc) is 3.16. The first-order chi connectivity index (χ1) is 16.2. The van der Waals surface area contributed by atoms with Gasteiger partial charge in [-0.25, -0.2) is 0 Å². The highest BCUT2D eigenvalue weighted by Crippen LogP contribution is 2.50. The maximum Gasteiger partial charge on any atom is 0.290 e. The number of amides is 1. The van der Waals surface area contributed by atoms with Crippen LogP contribution in [0.2, 0.25) is 0 Å². The first-order valence-corrected chi connectivity index (χ1v) is 11.2. The summed E-state index contributed by atoms with van der Waals surface area (Å²) in [4.78, 5) is 28.0. The second-order valence-corrected chi connectivity index (χ2v) is 9.49. The van der Waals surface area contributed by atoms with E-state index in [9.17, 15) is 14.7 Å². The minimum Gasteiger partial charge on any atom is -0.506 e. The summed E-state index contributed by atoms with van der Waals surface area (Å²) in [6, 6.07) is 16.8. The molecule has 0 bridgehead atoms. The number of fused-ring (bicyclic) bond motifs is 1. The molecular formula is C27H26N2O5. The molecule has 7 heteroatoms. The number of ether oxygens (including phenoxy) is 1. The van der Waals surface area contributed by atoms with Gasteiger partial charge in [-0.2, -0.15) is 0 Å². The molecule has 0 spiro atoms. The van der Waals surface area contributed by atoms with Gasteiger partial charge >= 0.3 is 0 Å². The number of furan rings is 1. The van der Waals surface area contributed by atoms with E-state index in [1.54, 1.807) is 30.3 Å². The van der Waals surface area contributed by atoms with Crippen LogP contribution in [0.25, 0.3) is 0 Å². The van der Waals surface area contributed by atoms with E-state index < -0.39 is 6.04 Å². The van der Waals surface area contributed by atoms with Crippen molar-refractivity contribution in [3.05, 3.63) is 77.7 Å². The molecule has 34 heavy (non-hydrogen) atoms. The molecule has 1 atom stereocenters. The van der Waals surface area contributed by atoms with Crippen molar-refractivity contribution in [1.29, 1.82) is 0 Å². The molecular weight excluding hydrogens is 432 g/mol. The van der Waals surface area contributed by atoms with E-state index in [4.69, 9.17) is 9.15 Å². The lowest BCUT2D eigenvalue weighted by Gasteiger charge is -2.35. The molecule has 0 saturated heterocycles. The molecule has 0 fully saturated rings. The number of carbonyl (C=O) groups is 2. The third-order valence-corrected chi connectivity index (χ3v) is 6.18. The molecule has 0 saturated carbocycles. The van der Waals surface area contributed by atoms with Crippen LogP contribution in [-0.4, -0.2) is 16.8 Å².